The third-order valence-electron chi connectivity index (χ3n) is 3.53. The first-order valence-corrected chi connectivity index (χ1v) is 7.24. The predicted octanol–water partition coefficient (Wildman–Crippen LogP) is 2.20. The smallest absolute Gasteiger partial charge is 0.271 e. The van der Waals surface area contributed by atoms with Crippen LogP contribution in [-0.4, -0.2) is 32.5 Å². The summed E-state index contributed by atoms with van der Waals surface area (Å²) in [4.78, 5) is 16.4. The SMILES string of the molecule is Cc1nn2c(C(=O)NC3CC(F)(F)C3)c(Br)cnc2c1C#N. The minimum atomic E-state index is -2.71. The summed E-state index contributed by atoms with van der Waals surface area (Å²) < 4.78 is 27.3. The van der Waals surface area contributed by atoms with E-state index in [0.29, 0.717) is 10.2 Å². The number of amides is 1. The van der Waals surface area contributed by atoms with Gasteiger partial charge in [-0.1, -0.05) is 0 Å². The Bertz CT molecular complexity index is 818. The van der Waals surface area contributed by atoms with E-state index in [0.717, 1.165) is 0 Å². The van der Waals surface area contributed by atoms with Crippen LogP contribution in [0.3, 0.4) is 0 Å². The number of halogens is 3. The number of alkyl halides is 2. The van der Waals surface area contributed by atoms with Crippen molar-refractivity contribution in [2.45, 2.75) is 31.7 Å². The second kappa shape index (κ2) is 4.98. The maximum Gasteiger partial charge on any atom is 0.271 e. The number of nitrogens with zero attached hydrogens (tertiary/aromatic N) is 4. The topological polar surface area (TPSA) is 83.1 Å². The quantitative estimate of drug-likeness (QED) is 0.879. The molecule has 1 aliphatic rings. The second-order valence-electron chi connectivity index (χ2n) is 5.20. The van der Waals surface area contributed by atoms with Crippen LogP contribution in [0, 0.1) is 18.3 Å². The van der Waals surface area contributed by atoms with Crippen molar-refractivity contribution in [2.75, 3.05) is 0 Å². The lowest BCUT2D eigenvalue weighted by Gasteiger charge is -2.35. The zero-order chi connectivity index (χ0) is 16.1. The number of nitrogens with one attached hydrogen (secondary N) is 1. The van der Waals surface area contributed by atoms with E-state index in [9.17, 15) is 13.6 Å². The summed E-state index contributed by atoms with van der Waals surface area (Å²) in [5, 5.41) is 15.8. The van der Waals surface area contributed by atoms with E-state index in [1.807, 2.05) is 6.07 Å². The third kappa shape index (κ3) is 2.33. The number of carbonyl (C=O) groups is 1. The van der Waals surface area contributed by atoms with Crippen LogP contribution in [-0.2, 0) is 0 Å². The Labute approximate surface area is 132 Å². The van der Waals surface area contributed by atoms with Crippen LogP contribution in [0.2, 0.25) is 0 Å². The van der Waals surface area contributed by atoms with Gasteiger partial charge in [0, 0.05) is 25.1 Å². The normalized spacial score (nSPS) is 17.0. The Morgan fingerprint density at radius 3 is 2.86 bits per heavy atom. The highest BCUT2D eigenvalue weighted by Gasteiger charge is 2.46. The van der Waals surface area contributed by atoms with Gasteiger partial charge in [-0.25, -0.2) is 18.3 Å². The number of aromatic nitrogens is 3. The van der Waals surface area contributed by atoms with Gasteiger partial charge in [0.25, 0.3) is 11.8 Å². The van der Waals surface area contributed by atoms with Crippen molar-refractivity contribution in [1.29, 1.82) is 5.26 Å². The fourth-order valence-corrected chi connectivity index (χ4v) is 2.87. The minimum absolute atomic E-state index is 0.129. The second-order valence-corrected chi connectivity index (χ2v) is 6.05. The van der Waals surface area contributed by atoms with Crippen LogP contribution in [0.5, 0.6) is 0 Å². The minimum Gasteiger partial charge on any atom is -0.347 e. The van der Waals surface area contributed by atoms with Gasteiger partial charge in [-0.2, -0.15) is 10.4 Å². The standard InChI is InChI=1S/C13H10BrF2N5O/c1-6-8(4-17)11-18-5-9(14)10(21(11)20-6)12(22)19-7-2-13(15,16)3-7/h5,7H,2-3H2,1H3,(H,19,22). The molecule has 2 heterocycles. The lowest BCUT2D eigenvalue weighted by Crippen LogP contribution is -2.50. The van der Waals surface area contributed by atoms with Gasteiger partial charge in [0.2, 0.25) is 0 Å². The summed E-state index contributed by atoms with van der Waals surface area (Å²) in [6.45, 7) is 1.63. The Balaban J connectivity index is 1.98. The molecule has 114 valence electrons. The first kappa shape index (κ1) is 14.8. The molecule has 1 aliphatic carbocycles. The molecule has 2 aromatic rings. The maximum atomic E-state index is 12.9. The molecule has 0 spiro atoms. The van der Waals surface area contributed by atoms with Crippen molar-refractivity contribution in [2.24, 2.45) is 0 Å². The van der Waals surface area contributed by atoms with Crippen LogP contribution in [0.1, 0.15) is 34.6 Å². The molecule has 1 fully saturated rings. The molecular weight excluding hydrogens is 360 g/mol. The molecule has 3 rings (SSSR count). The van der Waals surface area contributed by atoms with Crippen LogP contribution < -0.4 is 5.32 Å². The van der Waals surface area contributed by atoms with E-state index in [1.54, 1.807) is 6.92 Å². The number of carbonyl (C=O) groups excluding carboxylic acids is 1. The van der Waals surface area contributed by atoms with E-state index in [-0.39, 0.29) is 29.7 Å². The highest BCUT2D eigenvalue weighted by molar-refractivity contribution is 9.10. The van der Waals surface area contributed by atoms with E-state index >= 15 is 0 Å². The Hall–Kier alpha value is -2.08. The summed E-state index contributed by atoms with van der Waals surface area (Å²) in [6, 6.07) is 1.42. The Morgan fingerprint density at radius 2 is 2.27 bits per heavy atom. The first-order chi connectivity index (χ1) is 10.3. The number of aryl methyl sites for hydroxylation is 1. The molecule has 0 atom stereocenters. The van der Waals surface area contributed by atoms with Crippen molar-refractivity contribution in [3.63, 3.8) is 0 Å². The predicted molar refractivity (Wildman–Crippen MR) is 75.6 cm³/mol. The van der Waals surface area contributed by atoms with Gasteiger partial charge in [-0.15, -0.1) is 0 Å². The zero-order valence-electron chi connectivity index (χ0n) is 11.4. The zero-order valence-corrected chi connectivity index (χ0v) is 13.0. The first-order valence-electron chi connectivity index (χ1n) is 6.45. The molecule has 0 unspecified atom stereocenters. The van der Waals surface area contributed by atoms with Crippen molar-refractivity contribution >= 4 is 27.5 Å². The van der Waals surface area contributed by atoms with Crippen molar-refractivity contribution in [3.8, 4) is 6.07 Å². The molecular formula is C13H10BrF2N5O. The molecule has 22 heavy (non-hydrogen) atoms. The summed E-state index contributed by atoms with van der Waals surface area (Å²) in [7, 11) is 0. The number of hydrogen-bond donors (Lipinski definition) is 1. The van der Waals surface area contributed by atoms with E-state index in [1.165, 1.54) is 10.7 Å². The summed E-state index contributed by atoms with van der Waals surface area (Å²) in [6.07, 6.45) is 0.653. The Kier molecular flexibility index (Phi) is 3.36. The molecule has 1 saturated carbocycles. The summed E-state index contributed by atoms with van der Waals surface area (Å²) in [5.74, 6) is -3.24. The maximum absolute atomic E-state index is 12.9. The van der Waals surface area contributed by atoms with E-state index < -0.39 is 17.9 Å². The molecule has 0 bridgehead atoms. The van der Waals surface area contributed by atoms with Crippen LogP contribution in [0.4, 0.5) is 8.78 Å². The summed E-state index contributed by atoms with van der Waals surface area (Å²) >= 11 is 3.21. The van der Waals surface area contributed by atoms with Gasteiger partial charge >= 0.3 is 0 Å². The average Bonchev–Trinajstić information content (AvgIpc) is 2.71. The van der Waals surface area contributed by atoms with Gasteiger partial charge in [0.05, 0.1) is 10.2 Å². The van der Waals surface area contributed by atoms with Gasteiger partial charge < -0.3 is 5.32 Å². The highest BCUT2D eigenvalue weighted by Crippen LogP contribution is 2.37. The number of nitriles is 1. The van der Waals surface area contributed by atoms with Crippen molar-refractivity contribution in [1.82, 2.24) is 19.9 Å². The molecule has 9 heteroatoms. The molecule has 0 aliphatic heterocycles. The van der Waals surface area contributed by atoms with Crippen LogP contribution in [0.25, 0.3) is 5.65 Å². The fraction of sp³-hybridized carbons (Fsp3) is 0.385. The van der Waals surface area contributed by atoms with Gasteiger partial charge in [0.15, 0.2) is 5.65 Å². The van der Waals surface area contributed by atoms with Crippen molar-refractivity contribution in [3.05, 3.63) is 27.6 Å². The molecule has 0 saturated heterocycles. The van der Waals surface area contributed by atoms with Gasteiger partial charge in [0.1, 0.15) is 17.3 Å². The molecule has 0 radical (unpaired) electrons. The lowest BCUT2D eigenvalue weighted by atomic mass is 9.88. The molecule has 0 aromatic carbocycles. The third-order valence-corrected chi connectivity index (χ3v) is 4.11. The number of fused-ring (bicyclic) bond motifs is 1. The Morgan fingerprint density at radius 1 is 1.59 bits per heavy atom. The van der Waals surface area contributed by atoms with Crippen LogP contribution in [0.15, 0.2) is 10.7 Å². The van der Waals surface area contributed by atoms with Gasteiger partial charge in [-0.05, 0) is 22.9 Å². The molecule has 6 nitrogen and oxygen atoms in total. The highest BCUT2D eigenvalue weighted by atomic mass is 79.9. The molecule has 1 amide bonds. The fourth-order valence-electron chi connectivity index (χ4n) is 2.42. The summed E-state index contributed by atoms with van der Waals surface area (Å²) in [5.41, 5.74) is 1.10. The molecule has 2 aromatic heterocycles. The van der Waals surface area contributed by atoms with E-state index in [2.05, 4.69) is 31.3 Å². The monoisotopic (exact) mass is 369 g/mol. The largest absolute Gasteiger partial charge is 0.347 e. The molecule has 1 N–H and O–H groups in total. The number of rotatable bonds is 2. The number of hydrogen-bond acceptors (Lipinski definition) is 4. The lowest BCUT2D eigenvalue weighted by molar-refractivity contribution is -0.0901. The van der Waals surface area contributed by atoms with E-state index in [4.69, 9.17) is 5.26 Å². The van der Waals surface area contributed by atoms with Gasteiger partial charge in [-0.3, -0.25) is 4.79 Å². The van der Waals surface area contributed by atoms with Crippen molar-refractivity contribution < 1.29 is 13.6 Å². The average molecular weight is 370 g/mol. The van der Waals surface area contributed by atoms with Crippen LogP contribution >= 0.6 is 15.9 Å².